The van der Waals surface area contributed by atoms with Crippen molar-refractivity contribution in [3.8, 4) is 0 Å². The van der Waals surface area contributed by atoms with Crippen molar-refractivity contribution in [2.75, 3.05) is 6.54 Å². The molecule has 3 aliphatic rings. The molecule has 11 heteroatoms. The third-order valence-corrected chi connectivity index (χ3v) is 9.15. The molecule has 0 aromatic rings. The number of likely N-dealkylation sites (tertiary alicyclic amines) is 1. The molecule has 1 heterocycles. The van der Waals surface area contributed by atoms with Gasteiger partial charge in [-0.05, 0) is 54.8 Å². The maximum Gasteiger partial charge on any atom is 0.316 e. The Labute approximate surface area is 249 Å². The molecule has 5 N–H and O–H groups in total. The maximum absolute atomic E-state index is 14.1. The van der Waals surface area contributed by atoms with E-state index in [0.717, 1.165) is 32.1 Å². The minimum Gasteiger partial charge on any atom is -0.363 e. The van der Waals surface area contributed by atoms with Crippen molar-refractivity contribution in [2.24, 2.45) is 40.7 Å². The normalized spacial score (nSPS) is 23.1. The first-order chi connectivity index (χ1) is 19.5. The molecule has 5 amide bonds. The zero-order valence-corrected chi connectivity index (χ0v) is 26.3. The van der Waals surface area contributed by atoms with E-state index in [1.165, 1.54) is 4.90 Å². The van der Waals surface area contributed by atoms with Crippen LogP contribution in [0, 0.1) is 35.0 Å². The molecule has 2 saturated carbocycles. The van der Waals surface area contributed by atoms with Gasteiger partial charge in [0.05, 0.1) is 12.1 Å². The smallest absolute Gasteiger partial charge is 0.316 e. The van der Waals surface area contributed by atoms with Gasteiger partial charge in [0, 0.05) is 12.5 Å². The molecule has 0 aromatic carbocycles. The van der Waals surface area contributed by atoms with E-state index in [-0.39, 0.29) is 35.4 Å². The molecule has 1 saturated heterocycles. The van der Waals surface area contributed by atoms with Gasteiger partial charge in [-0.1, -0.05) is 67.7 Å². The Hall–Kier alpha value is -2.98. The van der Waals surface area contributed by atoms with Crippen LogP contribution in [0.15, 0.2) is 0 Å². The largest absolute Gasteiger partial charge is 0.363 e. The zero-order valence-electron chi connectivity index (χ0n) is 26.3. The van der Waals surface area contributed by atoms with Gasteiger partial charge in [-0.25, -0.2) is 4.79 Å². The van der Waals surface area contributed by atoms with Crippen LogP contribution in [0.2, 0.25) is 0 Å². The number of nitrogens with one attached hydrogen (secondary N) is 3. The topological polar surface area (TPSA) is 168 Å². The van der Waals surface area contributed by atoms with Crippen LogP contribution in [-0.4, -0.2) is 70.9 Å². The molecule has 0 aromatic heterocycles. The highest BCUT2D eigenvalue weighted by Gasteiger charge is 2.48. The second-order valence-corrected chi connectivity index (χ2v) is 14.3. The molecule has 0 bridgehead atoms. The van der Waals surface area contributed by atoms with Gasteiger partial charge < -0.3 is 26.6 Å². The number of hydrogen-bond donors (Lipinski definition) is 4. The number of carbonyl (C=O) groups excluding carboxylic acids is 6. The number of nitrogens with zero attached hydrogens (tertiary/aromatic N) is 1. The van der Waals surface area contributed by atoms with Gasteiger partial charge in [-0.15, -0.1) is 0 Å². The SMILES string of the molecule is CC(C)[C@H](NC(=O)N[C@H](C(=O)N1CC[C@H](C(C)C)[C@H]1C(=O)NC(CC1CCC1)C(=O)C(N)=O)C(C)(C)C)C(=O)C1CC1. The summed E-state index contributed by atoms with van der Waals surface area (Å²) in [4.78, 5) is 79.8. The van der Waals surface area contributed by atoms with E-state index in [2.05, 4.69) is 16.0 Å². The highest BCUT2D eigenvalue weighted by atomic mass is 16.2. The van der Waals surface area contributed by atoms with Crippen molar-refractivity contribution in [3.63, 3.8) is 0 Å². The first kappa shape index (κ1) is 33.5. The zero-order chi connectivity index (χ0) is 31.5. The molecule has 236 valence electrons. The second kappa shape index (κ2) is 13.5. The fourth-order valence-corrected chi connectivity index (χ4v) is 6.14. The maximum atomic E-state index is 14.1. The summed E-state index contributed by atoms with van der Waals surface area (Å²) in [5, 5.41) is 8.38. The number of primary amides is 1. The molecule has 1 aliphatic heterocycles. The van der Waals surface area contributed by atoms with Crippen molar-refractivity contribution >= 4 is 35.3 Å². The Morgan fingerprint density at radius 1 is 0.881 bits per heavy atom. The number of ketones is 2. The lowest BCUT2D eigenvalue weighted by molar-refractivity contribution is -0.144. The highest BCUT2D eigenvalue weighted by Crippen LogP contribution is 2.35. The lowest BCUT2D eigenvalue weighted by atomic mass is 9.80. The molecule has 42 heavy (non-hydrogen) atoms. The van der Waals surface area contributed by atoms with E-state index in [1.54, 1.807) is 0 Å². The van der Waals surface area contributed by atoms with E-state index < -0.39 is 59.1 Å². The Kier molecular flexibility index (Phi) is 10.8. The predicted octanol–water partition coefficient (Wildman–Crippen LogP) is 2.31. The van der Waals surface area contributed by atoms with Crippen molar-refractivity contribution in [2.45, 2.75) is 118 Å². The molecular weight excluding hydrogens is 538 g/mol. The third kappa shape index (κ3) is 8.10. The van der Waals surface area contributed by atoms with E-state index >= 15 is 0 Å². The summed E-state index contributed by atoms with van der Waals surface area (Å²) in [5.41, 5.74) is 4.59. The monoisotopic (exact) mass is 589 g/mol. The van der Waals surface area contributed by atoms with Gasteiger partial charge in [0.15, 0.2) is 5.78 Å². The Bertz CT molecular complexity index is 1060. The Morgan fingerprint density at radius 2 is 1.50 bits per heavy atom. The fraction of sp³-hybridized carbons (Fsp3) is 0.806. The molecule has 5 atom stereocenters. The summed E-state index contributed by atoms with van der Waals surface area (Å²) in [6, 6.07) is -4.16. The van der Waals surface area contributed by atoms with Crippen molar-refractivity contribution < 1.29 is 28.8 Å². The summed E-state index contributed by atoms with van der Waals surface area (Å²) in [6.07, 6.45) is 5.46. The average Bonchev–Trinajstić information content (AvgIpc) is 3.62. The summed E-state index contributed by atoms with van der Waals surface area (Å²) >= 11 is 0. The minimum atomic E-state index is -1.10. The second-order valence-electron chi connectivity index (χ2n) is 14.3. The number of rotatable bonds is 13. The van der Waals surface area contributed by atoms with Crippen molar-refractivity contribution in [3.05, 3.63) is 0 Å². The van der Waals surface area contributed by atoms with Gasteiger partial charge in [-0.2, -0.15) is 0 Å². The number of hydrogen-bond acceptors (Lipinski definition) is 6. The molecule has 3 rings (SSSR count). The van der Waals surface area contributed by atoms with Crippen LogP contribution in [-0.2, 0) is 24.0 Å². The number of Topliss-reactive ketones (excluding diaryl/α,β-unsaturated/α-hetero) is 2. The van der Waals surface area contributed by atoms with Gasteiger partial charge in [0.2, 0.25) is 17.6 Å². The Morgan fingerprint density at radius 3 is 1.95 bits per heavy atom. The van der Waals surface area contributed by atoms with E-state index in [1.807, 2.05) is 48.5 Å². The number of carbonyl (C=O) groups is 6. The Balaban J connectivity index is 1.81. The molecule has 3 fully saturated rings. The predicted molar refractivity (Wildman–Crippen MR) is 158 cm³/mol. The van der Waals surface area contributed by atoms with Crippen LogP contribution in [0.3, 0.4) is 0 Å². The van der Waals surface area contributed by atoms with Crippen molar-refractivity contribution in [1.82, 2.24) is 20.9 Å². The summed E-state index contributed by atoms with van der Waals surface area (Å²) in [6.45, 7) is 13.5. The summed E-state index contributed by atoms with van der Waals surface area (Å²) in [7, 11) is 0. The third-order valence-electron chi connectivity index (χ3n) is 9.15. The van der Waals surface area contributed by atoms with Gasteiger partial charge >= 0.3 is 6.03 Å². The molecule has 2 aliphatic carbocycles. The molecular formula is C31H51N5O6. The van der Waals surface area contributed by atoms with E-state index in [9.17, 15) is 28.8 Å². The lowest BCUT2D eigenvalue weighted by Crippen LogP contribution is -2.62. The molecule has 0 radical (unpaired) electrons. The van der Waals surface area contributed by atoms with Gasteiger partial charge in [0.25, 0.3) is 5.91 Å². The lowest BCUT2D eigenvalue weighted by Gasteiger charge is -2.37. The minimum absolute atomic E-state index is 0.0109. The number of urea groups is 1. The van der Waals surface area contributed by atoms with Crippen molar-refractivity contribution in [1.29, 1.82) is 0 Å². The molecule has 1 unspecified atom stereocenters. The standard InChI is InChI=1S/C31H51N5O6/c1-16(2)20-13-14-36(23(20)28(40)33-21(25(38)27(32)39)15-18-9-8-10-18)29(41)26(31(5,6)7)35-30(42)34-22(17(3)4)24(37)19-11-12-19/h16-23,26H,8-15H2,1-7H3,(H2,32,39)(H,33,40)(H2,34,35,42)/t20-,21?,22+,23+,26-/m1/s1. The van der Waals surface area contributed by atoms with E-state index in [0.29, 0.717) is 19.4 Å². The first-order valence-corrected chi connectivity index (χ1v) is 15.6. The summed E-state index contributed by atoms with van der Waals surface area (Å²) in [5.74, 6) is -2.85. The van der Waals surface area contributed by atoms with Crippen LogP contribution in [0.5, 0.6) is 0 Å². The van der Waals surface area contributed by atoms with Crippen LogP contribution in [0.4, 0.5) is 4.79 Å². The fourth-order valence-electron chi connectivity index (χ4n) is 6.14. The van der Waals surface area contributed by atoms with Crippen LogP contribution in [0.1, 0.15) is 93.4 Å². The van der Waals surface area contributed by atoms with Gasteiger partial charge in [-0.3, -0.25) is 24.0 Å². The van der Waals surface area contributed by atoms with Crippen LogP contribution >= 0.6 is 0 Å². The highest BCUT2D eigenvalue weighted by molar-refractivity contribution is 6.37. The van der Waals surface area contributed by atoms with E-state index in [4.69, 9.17) is 5.73 Å². The quantitative estimate of drug-likeness (QED) is 0.240. The van der Waals surface area contributed by atoms with Crippen LogP contribution < -0.4 is 21.7 Å². The first-order valence-electron chi connectivity index (χ1n) is 15.6. The molecule has 0 spiro atoms. The molecule has 11 nitrogen and oxygen atoms in total. The van der Waals surface area contributed by atoms with Gasteiger partial charge in [0.1, 0.15) is 12.1 Å². The van der Waals surface area contributed by atoms with Crippen LogP contribution in [0.25, 0.3) is 0 Å². The average molecular weight is 590 g/mol. The number of amides is 5. The summed E-state index contributed by atoms with van der Waals surface area (Å²) < 4.78 is 0. The number of nitrogens with two attached hydrogens (primary N) is 1.